The van der Waals surface area contributed by atoms with Gasteiger partial charge in [-0.15, -0.1) is 0 Å². The van der Waals surface area contributed by atoms with Crippen LogP contribution in [0.5, 0.6) is 0 Å². The monoisotopic (exact) mass is 289 g/mol. The molecule has 0 unspecified atom stereocenters. The quantitative estimate of drug-likeness (QED) is 0.859. The molecule has 5 heteroatoms. The summed E-state index contributed by atoms with van der Waals surface area (Å²) in [7, 11) is 1.70. The van der Waals surface area contributed by atoms with Crippen LogP contribution in [0.3, 0.4) is 0 Å². The fourth-order valence-electron chi connectivity index (χ4n) is 2.39. The van der Waals surface area contributed by atoms with Crippen LogP contribution < -0.4 is 5.32 Å². The van der Waals surface area contributed by atoms with Crippen molar-refractivity contribution in [3.63, 3.8) is 0 Å². The maximum atomic E-state index is 12.1. The molecule has 1 aliphatic rings. The Balaban J connectivity index is 1.75. The third-order valence-corrected chi connectivity index (χ3v) is 3.74. The van der Waals surface area contributed by atoms with Crippen molar-refractivity contribution >= 4 is 11.8 Å². The molecule has 0 saturated carbocycles. The lowest BCUT2D eigenvalue weighted by atomic mass is 10.1. The number of carbonyl (C=O) groups excluding carboxylic acids is 2. The van der Waals surface area contributed by atoms with E-state index in [-0.39, 0.29) is 18.4 Å². The summed E-state index contributed by atoms with van der Waals surface area (Å²) >= 11 is 0. The van der Waals surface area contributed by atoms with Crippen molar-refractivity contribution < 1.29 is 9.59 Å². The number of nitrogens with one attached hydrogen (secondary N) is 1. The normalized spacial score (nSPS) is 14.8. The van der Waals surface area contributed by atoms with Crippen LogP contribution in [0.25, 0.3) is 0 Å². The van der Waals surface area contributed by atoms with Gasteiger partial charge in [0.05, 0.1) is 6.54 Å². The second-order valence-corrected chi connectivity index (χ2v) is 5.37. The molecule has 21 heavy (non-hydrogen) atoms. The second-order valence-electron chi connectivity index (χ2n) is 5.37. The lowest BCUT2D eigenvalue weighted by Crippen LogP contribution is -2.49. The third kappa shape index (κ3) is 4.86. The van der Waals surface area contributed by atoms with Crippen molar-refractivity contribution in [1.29, 1.82) is 0 Å². The molecule has 5 nitrogen and oxygen atoms in total. The van der Waals surface area contributed by atoms with E-state index >= 15 is 0 Å². The molecule has 0 radical (unpaired) electrons. The Morgan fingerprint density at radius 1 is 1.19 bits per heavy atom. The highest BCUT2D eigenvalue weighted by Gasteiger charge is 2.19. The number of benzene rings is 1. The van der Waals surface area contributed by atoms with Crippen LogP contribution in [0.2, 0.25) is 0 Å². The minimum atomic E-state index is 0.0161. The third-order valence-electron chi connectivity index (χ3n) is 3.74. The van der Waals surface area contributed by atoms with Crippen molar-refractivity contribution in [3.8, 4) is 0 Å². The predicted molar refractivity (Wildman–Crippen MR) is 81.8 cm³/mol. The van der Waals surface area contributed by atoms with Gasteiger partial charge in [0.15, 0.2) is 0 Å². The summed E-state index contributed by atoms with van der Waals surface area (Å²) in [6.07, 6.45) is 1.15. The van der Waals surface area contributed by atoms with Crippen molar-refractivity contribution in [3.05, 3.63) is 35.9 Å². The highest BCUT2D eigenvalue weighted by Crippen LogP contribution is 2.04. The number of likely N-dealkylation sites (N-methyl/N-ethyl adjacent to an activating group) is 1. The van der Waals surface area contributed by atoms with E-state index in [1.54, 1.807) is 7.05 Å². The fraction of sp³-hybridized carbons (Fsp3) is 0.500. The Morgan fingerprint density at radius 3 is 2.52 bits per heavy atom. The fourth-order valence-corrected chi connectivity index (χ4v) is 2.39. The molecule has 1 heterocycles. The first-order chi connectivity index (χ1) is 10.2. The summed E-state index contributed by atoms with van der Waals surface area (Å²) in [6.45, 7) is 3.29. The Bertz CT molecular complexity index is 470. The van der Waals surface area contributed by atoms with Gasteiger partial charge >= 0.3 is 0 Å². The van der Waals surface area contributed by atoms with Crippen LogP contribution in [0.15, 0.2) is 30.3 Å². The Kier molecular flexibility index (Phi) is 5.75. The zero-order valence-corrected chi connectivity index (χ0v) is 12.5. The lowest BCUT2D eigenvalue weighted by Gasteiger charge is -2.29. The summed E-state index contributed by atoms with van der Waals surface area (Å²) in [5.41, 5.74) is 1.15. The SMILES string of the molecule is CN(CC(=O)N1CCNCC1)C(=O)CCc1ccccc1. The topological polar surface area (TPSA) is 52.7 Å². The van der Waals surface area contributed by atoms with Gasteiger partial charge in [-0.3, -0.25) is 9.59 Å². The second kappa shape index (κ2) is 7.78. The molecule has 0 spiro atoms. The van der Waals surface area contributed by atoms with E-state index in [0.29, 0.717) is 12.8 Å². The van der Waals surface area contributed by atoms with Crippen LogP contribution in [-0.2, 0) is 16.0 Å². The van der Waals surface area contributed by atoms with E-state index < -0.39 is 0 Å². The van der Waals surface area contributed by atoms with Crippen LogP contribution in [0.1, 0.15) is 12.0 Å². The number of piperazine rings is 1. The van der Waals surface area contributed by atoms with E-state index in [9.17, 15) is 9.59 Å². The zero-order chi connectivity index (χ0) is 15.1. The minimum Gasteiger partial charge on any atom is -0.339 e. The van der Waals surface area contributed by atoms with Gasteiger partial charge in [-0.25, -0.2) is 0 Å². The van der Waals surface area contributed by atoms with Gasteiger partial charge in [0.25, 0.3) is 0 Å². The zero-order valence-electron chi connectivity index (χ0n) is 12.5. The molecule has 1 saturated heterocycles. The van der Waals surface area contributed by atoms with E-state index in [1.807, 2.05) is 35.2 Å². The number of hydrogen-bond donors (Lipinski definition) is 1. The Hall–Kier alpha value is -1.88. The van der Waals surface area contributed by atoms with E-state index in [1.165, 1.54) is 4.90 Å². The molecule has 2 rings (SSSR count). The first kappa shape index (κ1) is 15.5. The minimum absolute atomic E-state index is 0.0161. The van der Waals surface area contributed by atoms with Crippen LogP contribution in [0.4, 0.5) is 0 Å². The predicted octanol–water partition coefficient (Wildman–Crippen LogP) is 0.509. The summed E-state index contributed by atoms with van der Waals surface area (Å²) in [4.78, 5) is 27.5. The van der Waals surface area contributed by atoms with Crippen LogP contribution >= 0.6 is 0 Å². The summed E-state index contributed by atoms with van der Waals surface area (Å²) in [6, 6.07) is 9.93. The smallest absolute Gasteiger partial charge is 0.242 e. The molecule has 1 N–H and O–H groups in total. The molecule has 114 valence electrons. The molecule has 1 aliphatic heterocycles. The first-order valence-corrected chi connectivity index (χ1v) is 7.43. The van der Waals surface area contributed by atoms with E-state index in [0.717, 1.165) is 31.7 Å². The van der Waals surface area contributed by atoms with Gasteiger partial charge in [-0.05, 0) is 12.0 Å². The molecule has 1 aromatic carbocycles. The molecule has 0 atom stereocenters. The number of aryl methyl sites for hydroxylation is 1. The van der Waals surface area contributed by atoms with Crippen molar-refractivity contribution in [1.82, 2.24) is 15.1 Å². The number of carbonyl (C=O) groups is 2. The molecular weight excluding hydrogens is 266 g/mol. The van der Waals surface area contributed by atoms with Gasteiger partial charge in [-0.1, -0.05) is 30.3 Å². The van der Waals surface area contributed by atoms with Gasteiger partial charge in [0, 0.05) is 39.6 Å². The number of amides is 2. The van der Waals surface area contributed by atoms with E-state index in [4.69, 9.17) is 0 Å². The molecule has 1 fully saturated rings. The van der Waals surface area contributed by atoms with Crippen LogP contribution in [-0.4, -0.2) is 61.4 Å². The number of rotatable bonds is 5. The molecule has 0 aliphatic carbocycles. The molecule has 0 bridgehead atoms. The summed E-state index contributed by atoms with van der Waals surface area (Å²) in [5.74, 6) is 0.0504. The van der Waals surface area contributed by atoms with Crippen molar-refractivity contribution in [2.75, 3.05) is 39.8 Å². The van der Waals surface area contributed by atoms with Gasteiger partial charge in [-0.2, -0.15) is 0 Å². The van der Waals surface area contributed by atoms with Crippen molar-refractivity contribution in [2.24, 2.45) is 0 Å². The standard InChI is InChI=1S/C16H23N3O2/c1-18(13-16(21)19-11-9-17-10-12-19)15(20)8-7-14-5-3-2-4-6-14/h2-6,17H,7-13H2,1H3. The molecular formula is C16H23N3O2. The Morgan fingerprint density at radius 2 is 1.86 bits per heavy atom. The maximum Gasteiger partial charge on any atom is 0.242 e. The van der Waals surface area contributed by atoms with Crippen LogP contribution in [0, 0.1) is 0 Å². The summed E-state index contributed by atoms with van der Waals surface area (Å²) < 4.78 is 0. The number of hydrogen-bond acceptors (Lipinski definition) is 3. The Labute approximate surface area is 125 Å². The number of nitrogens with zero attached hydrogens (tertiary/aromatic N) is 2. The van der Waals surface area contributed by atoms with Crippen molar-refractivity contribution in [2.45, 2.75) is 12.8 Å². The van der Waals surface area contributed by atoms with E-state index in [2.05, 4.69) is 5.32 Å². The highest BCUT2D eigenvalue weighted by atomic mass is 16.2. The molecule has 2 amide bonds. The average molecular weight is 289 g/mol. The molecule has 0 aromatic heterocycles. The first-order valence-electron chi connectivity index (χ1n) is 7.43. The van der Waals surface area contributed by atoms with Gasteiger partial charge in [0.1, 0.15) is 0 Å². The average Bonchev–Trinajstić information content (AvgIpc) is 2.54. The lowest BCUT2D eigenvalue weighted by molar-refractivity contribution is -0.139. The maximum absolute atomic E-state index is 12.1. The largest absolute Gasteiger partial charge is 0.339 e. The van der Waals surface area contributed by atoms with Gasteiger partial charge in [0.2, 0.25) is 11.8 Å². The highest BCUT2D eigenvalue weighted by molar-refractivity contribution is 5.84. The molecule has 1 aromatic rings. The van der Waals surface area contributed by atoms with Gasteiger partial charge < -0.3 is 15.1 Å². The summed E-state index contributed by atoms with van der Waals surface area (Å²) in [5, 5.41) is 3.21.